The quantitative estimate of drug-likeness (QED) is 0.746. The molecule has 27 heavy (non-hydrogen) atoms. The molecule has 1 fully saturated rings. The van der Waals surface area contributed by atoms with Crippen LogP contribution in [-0.4, -0.2) is 58.5 Å². The van der Waals surface area contributed by atoms with E-state index in [0.717, 1.165) is 49.8 Å². The molecule has 1 heterocycles. The molecule has 1 atom stereocenters. The molecule has 0 amide bonds. The van der Waals surface area contributed by atoms with Gasteiger partial charge in [0, 0.05) is 32.2 Å². The van der Waals surface area contributed by atoms with Crippen molar-refractivity contribution in [3.8, 4) is 17.2 Å². The number of benzene rings is 2. The third kappa shape index (κ3) is 4.48. The molecule has 0 unspecified atom stereocenters. The average molecular weight is 370 g/mol. The summed E-state index contributed by atoms with van der Waals surface area (Å²) in [5.41, 5.74) is 2.46. The Morgan fingerprint density at radius 1 is 0.815 bits per heavy atom. The van der Waals surface area contributed by atoms with E-state index >= 15 is 0 Å². The van der Waals surface area contributed by atoms with E-state index in [0.29, 0.717) is 6.04 Å². The summed E-state index contributed by atoms with van der Waals surface area (Å²) >= 11 is 0. The summed E-state index contributed by atoms with van der Waals surface area (Å²) < 4.78 is 16.3. The Morgan fingerprint density at radius 2 is 1.48 bits per heavy atom. The fraction of sp³-hybridized carbons (Fsp3) is 0.455. The number of hydrogen-bond acceptors (Lipinski definition) is 5. The van der Waals surface area contributed by atoms with Crippen LogP contribution >= 0.6 is 0 Å². The van der Waals surface area contributed by atoms with Gasteiger partial charge in [-0.25, -0.2) is 0 Å². The van der Waals surface area contributed by atoms with Gasteiger partial charge in [0.05, 0.1) is 27.0 Å². The van der Waals surface area contributed by atoms with E-state index in [4.69, 9.17) is 14.2 Å². The summed E-state index contributed by atoms with van der Waals surface area (Å²) in [6.07, 6.45) is 0.995. The van der Waals surface area contributed by atoms with Gasteiger partial charge >= 0.3 is 0 Å². The van der Waals surface area contributed by atoms with Crippen LogP contribution in [-0.2, 0) is 6.42 Å². The first-order valence-corrected chi connectivity index (χ1v) is 9.49. The van der Waals surface area contributed by atoms with Crippen LogP contribution in [0.4, 0.5) is 5.69 Å². The zero-order valence-electron chi connectivity index (χ0n) is 16.8. The van der Waals surface area contributed by atoms with Crippen molar-refractivity contribution in [2.75, 3.05) is 52.4 Å². The maximum atomic E-state index is 5.52. The Kier molecular flexibility index (Phi) is 6.45. The smallest absolute Gasteiger partial charge is 0.160 e. The van der Waals surface area contributed by atoms with Gasteiger partial charge in [-0.05, 0) is 43.2 Å². The molecule has 0 N–H and O–H groups in total. The highest BCUT2D eigenvalue weighted by atomic mass is 16.5. The van der Waals surface area contributed by atoms with Gasteiger partial charge in [0.25, 0.3) is 0 Å². The van der Waals surface area contributed by atoms with E-state index in [2.05, 4.69) is 41.0 Å². The van der Waals surface area contributed by atoms with Crippen molar-refractivity contribution in [3.05, 3.63) is 48.0 Å². The lowest BCUT2D eigenvalue weighted by molar-refractivity contribution is 0.195. The van der Waals surface area contributed by atoms with Gasteiger partial charge in [-0.3, -0.25) is 4.90 Å². The molecule has 2 aromatic rings. The normalized spacial score (nSPS) is 16.1. The molecule has 0 radical (unpaired) electrons. The maximum absolute atomic E-state index is 5.52. The standard InChI is InChI=1S/C22H30N2O3/c1-17(15-18-9-10-21(26-3)22(16-18)27-4)23-11-13-24(14-12-23)19-7-5-6-8-20(19)25-2/h5-10,16-17H,11-15H2,1-4H3/t17-/m0/s1. The average Bonchev–Trinajstić information content (AvgIpc) is 2.73. The molecule has 5 nitrogen and oxygen atoms in total. The second kappa shape index (κ2) is 9.00. The topological polar surface area (TPSA) is 34.2 Å². The summed E-state index contributed by atoms with van der Waals surface area (Å²) in [5, 5.41) is 0. The number of nitrogens with zero attached hydrogens (tertiary/aromatic N) is 2. The van der Waals surface area contributed by atoms with Crippen LogP contribution in [0.15, 0.2) is 42.5 Å². The number of para-hydroxylation sites is 2. The van der Waals surface area contributed by atoms with Gasteiger partial charge in [-0.2, -0.15) is 0 Å². The highest BCUT2D eigenvalue weighted by molar-refractivity contribution is 5.58. The van der Waals surface area contributed by atoms with Crippen LogP contribution in [0.5, 0.6) is 17.2 Å². The first-order valence-electron chi connectivity index (χ1n) is 9.49. The van der Waals surface area contributed by atoms with Crippen molar-refractivity contribution in [3.63, 3.8) is 0 Å². The predicted octanol–water partition coefficient (Wildman–Crippen LogP) is 3.47. The molecule has 0 aliphatic carbocycles. The molecular formula is C22H30N2O3. The molecule has 1 saturated heterocycles. The largest absolute Gasteiger partial charge is 0.495 e. The summed E-state index contributed by atoms with van der Waals surface area (Å²) in [6.45, 7) is 6.42. The second-order valence-electron chi connectivity index (χ2n) is 6.94. The van der Waals surface area contributed by atoms with Crippen LogP contribution < -0.4 is 19.1 Å². The summed E-state index contributed by atoms with van der Waals surface area (Å²) in [4.78, 5) is 4.97. The number of methoxy groups -OCH3 is 3. The molecule has 1 aliphatic rings. The number of piperazine rings is 1. The molecule has 2 aromatic carbocycles. The zero-order valence-corrected chi connectivity index (χ0v) is 16.8. The number of ether oxygens (including phenoxy) is 3. The van der Waals surface area contributed by atoms with E-state index in [-0.39, 0.29) is 0 Å². The van der Waals surface area contributed by atoms with Crippen molar-refractivity contribution >= 4 is 5.69 Å². The molecule has 0 bridgehead atoms. The molecular weight excluding hydrogens is 340 g/mol. The monoisotopic (exact) mass is 370 g/mol. The number of rotatable bonds is 7. The van der Waals surface area contributed by atoms with E-state index < -0.39 is 0 Å². The van der Waals surface area contributed by atoms with Crippen LogP contribution in [0, 0.1) is 0 Å². The van der Waals surface area contributed by atoms with Crippen molar-refractivity contribution < 1.29 is 14.2 Å². The van der Waals surface area contributed by atoms with Gasteiger partial charge in [0.15, 0.2) is 11.5 Å². The lowest BCUT2D eigenvalue weighted by atomic mass is 10.0. The fourth-order valence-corrected chi connectivity index (χ4v) is 3.77. The van der Waals surface area contributed by atoms with Gasteiger partial charge in [-0.1, -0.05) is 18.2 Å². The predicted molar refractivity (Wildman–Crippen MR) is 109 cm³/mol. The van der Waals surface area contributed by atoms with E-state index in [1.165, 1.54) is 11.3 Å². The first kappa shape index (κ1) is 19.4. The molecule has 0 aromatic heterocycles. The minimum Gasteiger partial charge on any atom is -0.495 e. The molecule has 5 heteroatoms. The van der Waals surface area contributed by atoms with Gasteiger partial charge in [0.1, 0.15) is 5.75 Å². The van der Waals surface area contributed by atoms with Gasteiger partial charge in [0.2, 0.25) is 0 Å². The van der Waals surface area contributed by atoms with Crippen LogP contribution in [0.25, 0.3) is 0 Å². The molecule has 3 rings (SSSR count). The van der Waals surface area contributed by atoms with Crippen molar-refractivity contribution in [2.45, 2.75) is 19.4 Å². The van der Waals surface area contributed by atoms with E-state index in [9.17, 15) is 0 Å². The van der Waals surface area contributed by atoms with Gasteiger partial charge < -0.3 is 19.1 Å². The molecule has 0 spiro atoms. The highest BCUT2D eigenvalue weighted by Crippen LogP contribution is 2.30. The maximum Gasteiger partial charge on any atom is 0.160 e. The Hall–Kier alpha value is -2.40. The Labute approximate surface area is 162 Å². The van der Waals surface area contributed by atoms with Crippen LogP contribution in [0.1, 0.15) is 12.5 Å². The fourth-order valence-electron chi connectivity index (χ4n) is 3.77. The molecule has 0 saturated carbocycles. The molecule has 146 valence electrons. The minimum atomic E-state index is 0.475. The number of anilines is 1. The summed E-state index contributed by atoms with van der Waals surface area (Å²) in [5.74, 6) is 2.52. The van der Waals surface area contributed by atoms with E-state index in [1.807, 2.05) is 18.2 Å². The second-order valence-corrected chi connectivity index (χ2v) is 6.94. The lowest BCUT2D eigenvalue weighted by Crippen LogP contribution is -2.50. The van der Waals surface area contributed by atoms with Crippen molar-refractivity contribution in [2.24, 2.45) is 0 Å². The Bertz CT molecular complexity index is 742. The van der Waals surface area contributed by atoms with E-state index in [1.54, 1.807) is 21.3 Å². The first-order chi connectivity index (χ1) is 13.2. The van der Waals surface area contributed by atoms with Crippen LogP contribution in [0.2, 0.25) is 0 Å². The Balaban J connectivity index is 1.59. The van der Waals surface area contributed by atoms with Crippen molar-refractivity contribution in [1.82, 2.24) is 4.90 Å². The third-order valence-corrected chi connectivity index (χ3v) is 5.34. The van der Waals surface area contributed by atoms with Gasteiger partial charge in [-0.15, -0.1) is 0 Å². The third-order valence-electron chi connectivity index (χ3n) is 5.34. The Morgan fingerprint density at radius 3 is 2.15 bits per heavy atom. The SMILES string of the molecule is COc1ccc(C[C@H](C)N2CCN(c3ccccc3OC)CC2)cc1OC. The lowest BCUT2D eigenvalue weighted by Gasteiger charge is -2.39. The highest BCUT2D eigenvalue weighted by Gasteiger charge is 2.23. The number of hydrogen-bond donors (Lipinski definition) is 0. The van der Waals surface area contributed by atoms with Crippen molar-refractivity contribution in [1.29, 1.82) is 0 Å². The molecule has 1 aliphatic heterocycles. The van der Waals surface area contributed by atoms with Crippen LogP contribution in [0.3, 0.4) is 0 Å². The summed E-state index contributed by atoms with van der Waals surface area (Å²) in [7, 11) is 5.09. The summed E-state index contributed by atoms with van der Waals surface area (Å²) in [6, 6.07) is 14.9. The zero-order chi connectivity index (χ0) is 19.2. The minimum absolute atomic E-state index is 0.475.